The Kier molecular flexibility index (Phi) is 12.1. The van der Waals surface area contributed by atoms with Gasteiger partial charge in [-0.25, -0.2) is 14.1 Å². The van der Waals surface area contributed by atoms with E-state index in [-0.39, 0.29) is 42.9 Å². The molecule has 11 nitrogen and oxygen atoms in total. The zero-order valence-electron chi connectivity index (χ0n) is 31.6. The molecule has 4 heterocycles. The Morgan fingerprint density at radius 1 is 0.891 bits per heavy atom. The second-order valence-electron chi connectivity index (χ2n) is 14.5. The molecule has 2 fully saturated rings. The Morgan fingerprint density at radius 3 is 2.35 bits per heavy atom. The number of halogens is 1. The number of amides is 2. The van der Waals surface area contributed by atoms with Crippen molar-refractivity contribution in [2.24, 2.45) is 0 Å². The summed E-state index contributed by atoms with van der Waals surface area (Å²) in [6, 6.07) is 19.6. The maximum atomic E-state index is 15.1. The fourth-order valence-electron chi connectivity index (χ4n) is 7.53. The topological polar surface area (TPSA) is 134 Å². The van der Waals surface area contributed by atoms with Gasteiger partial charge in [0.1, 0.15) is 5.82 Å². The number of carbonyl (C=O) groups excluding carboxylic acids is 2. The van der Waals surface area contributed by atoms with Gasteiger partial charge < -0.3 is 25.8 Å². The van der Waals surface area contributed by atoms with Crippen LogP contribution in [0.4, 0.5) is 10.1 Å². The Hall–Kier alpha value is -5.17. The molecule has 2 amide bonds. The number of nitrogens with one attached hydrogen (secondary N) is 3. The van der Waals surface area contributed by atoms with Gasteiger partial charge in [-0.2, -0.15) is 5.10 Å². The van der Waals surface area contributed by atoms with Gasteiger partial charge >= 0.3 is 0 Å². The molecule has 3 aromatic carbocycles. The summed E-state index contributed by atoms with van der Waals surface area (Å²) in [5.74, 6) is -0.981. The van der Waals surface area contributed by atoms with Crippen molar-refractivity contribution in [3.8, 4) is 11.1 Å². The highest BCUT2D eigenvalue weighted by atomic mass is 19.1. The number of aliphatic hydroxyl groups excluding tert-OH is 1. The van der Waals surface area contributed by atoms with Crippen LogP contribution in [0.3, 0.4) is 0 Å². The van der Waals surface area contributed by atoms with Crippen molar-refractivity contribution < 1.29 is 23.8 Å². The first-order valence-corrected chi connectivity index (χ1v) is 19.5. The average molecular weight is 748 g/mol. The van der Waals surface area contributed by atoms with Crippen LogP contribution < -0.4 is 16.0 Å². The van der Waals surface area contributed by atoms with E-state index in [1.165, 1.54) is 6.07 Å². The molecule has 2 saturated heterocycles. The number of anilines is 1. The number of aliphatic hydroxyl groups is 1. The van der Waals surface area contributed by atoms with Gasteiger partial charge in [-0.05, 0) is 92.1 Å². The Labute approximate surface area is 321 Å². The summed E-state index contributed by atoms with van der Waals surface area (Å²) in [6.45, 7) is 9.03. The molecule has 0 saturated carbocycles. The van der Waals surface area contributed by atoms with E-state index in [1.54, 1.807) is 36.4 Å². The van der Waals surface area contributed by atoms with Gasteiger partial charge in [-0.1, -0.05) is 37.3 Å². The molecule has 5 aromatic rings. The second-order valence-corrected chi connectivity index (χ2v) is 14.5. The van der Waals surface area contributed by atoms with Gasteiger partial charge in [0.05, 0.1) is 23.4 Å². The molecule has 7 rings (SSSR count). The third-order valence-electron chi connectivity index (χ3n) is 10.7. The predicted octanol–water partition coefficient (Wildman–Crippen LogP) is 6.23. The van der Waals surface area contributed by atoms with Crippen molar-refractivity contribution in [1.29, 1.82) is 0 Å². The van der Waals surface area contributed by atoms with E-state index in [1.807, 2.05) is 42.1 Å². The van der Waals surface area contributed by atoms with Gasteiger partial charge in [-0.3, -0.25) is 14.5 Å². The summed E-state index contributed by atoms with van der Waals surface area (Å²) in [5.41, 5.74) is 7.35. The summed E-state index contributed by atoms with van der Waals surface area (Å²) in [4.78, 5) is 34.2. The van der Waals surface area contributed by atoms with Crippen molar-refractivity contribution in [2.75, 3.05) is 31.6 Å². The first-order chi connectivity index (χ1) is 26.8. The number of aryl methyl sites for hydroxylation is 2. The summed E-state index contributed by atoms with van der Waals surface area (Å²) in [5, 5.41) is 25.1. The molecule has 0 unspecified atom stereocenters. The van der Waals surface area contributed by atoms with Crippen LogP contribution in [0.15, 0.2) is 72.9 Å². The highest BCUT2D eigenvalue weighted by molar-refractivity contribution is 6.00. The number of fused-ring (bicyclic) bond motifs is 1. The predicted molar refractivity (Wildman–Crippen MR) is 211 cm³/mol. The number of benzene rings is 3. The second kappa shape index (κ2) is 17.5. The highest BCUT2D eigenvalue weighted by Crippen LogP contribution is 2.32. The Balaban J connectivity index is 1.01. The molecule has 2 aliphatic rings. The molecule has 4 N–H and O–H groups in total. The minimum absolute atomic E-state index is 0.186. The Bertz CT molecular complexity index is 2140. The Morgan fingerprint density at radius 2 is 1.62 bits per heavy atom. The number of likely N-dealkylation sites (tertiary alicyclic amines) is 1. The minimum atomic E-state index is -0.340. The van der Waals surface area contributed by atoms with E-state index in [0.29, 0.717) is 42.9 Å². The van der Waals surface area contributed by atoms with Gasteiger partial charge in [0.15, 0.2) is 5.65 Å². The number of ether oxygens (including phenoxy) is 1. The van der Waals surface area contributed by atoms with Gasteiger partial charge in [0.25, 0.3) is 11.8 Å². The van der Waals surface area contributed by atoms with E-state index in [2.05, 4.69) is 32.9 Å². The summed E-state index contributed by atoms with van der Waals surface area (Å²) in [6.07, 6.45) is 5.59. The monoisotopic (exact) mass is 747 g/mol. The van der Waals surface area contributed by atoms with Crippen LogP contribution in [0.2, 0.25) is 0 Å². The third kappa shape index (κ3) is 9.04. The largest absolute Gasteiger partial charge is 0.393 e. The molecule has 0 radical (unpaired) electrons. The summed E-state index contributed by atoms with van der Waals surface area (Å²) >= 11 is 0. The van der Waals surface area contributed by atoms with Crippen LogP contribution in [0.25, 0.3) is 22.2 Å². The van der Waals surface area contributed by atoms with Crippen molar-refractivity contribution in [2.45, 2.75) is 84.3 Å². The van der Waals surface area contributed by atoms with Crippen LogP contribution in [-0.2, 0) is 37.3 Å². The van der Waals surface area contributed by atoms with Crippen LogP contribution in [0, 0.1) is 5.82 Å². The standard InChI is InChI=1S/C43H50FN7O4/c1-3-39-36(40(48-33-15-19-55-20-16-33)37-26-47-51(4-2)41(37)49-39)25-46-43(54)32-10-6-9-31(23-32)42(53)45-24-28-11-12-38(44)35(22-28)30-8-5-7-29(21-30)27-50-17-13-34(52)14-18-50/h5-12,21-23,26,33-34,52H,3-4,13-20,24-25,27H2,1-2H3,(H,45,53)(H,46,54)(H,48,49). The van der Waals surface area contributed by atoms with Crippen LogP contribution >= 0.6 is 0 Å². The molecule has 0 aliphatic carbocycles. The van der Waals surface area contributed by atoms with E-state index in [4.69, 9.17) is 9.72 Å². The lowest BCUT2D eigenvalue weighted by Crippen LogP contribution is -2.35. The summed E-state index contributed by atoms with van der Waals surface area (Å²) < 4.78 is 22.6. The number of nitrogens with zero attached hydrogens (tertiary/aromatic N) is 4. The number of piperidine rings is 1. The normalized spacial score (nSPS) is 15.6. The molecule has 0 spiro atoms. The van der Waals surface area contributed by atoms with E-state index in [0.717, 1.165) is 90.0 Å². The van der Waals surface area contributed by atoms with Gasteiger partial charge in [-0.15, -0.1) is 0 Å². The van der Waals surface area contributed by atoms with Gasteiger partial charge in [0.2, 0.25) is 0 Å². The quantitative estimate of drug-likeness (QED) is 0.112. The lowest BCUT2D eigenvalue weighted by atomic mass is 9.99. The first kappa shape index (κ1) is 38.1. The van der Waals surface area contributed by atoms with Gasteiger partial charge in [0, 0.05) is 86.5 Å². The average Bonchev–Trinajstić information content (AvgIpc) is 3.64. The SMILES string of the molecule is CCc1nc2c(cnn2CC)c(NC2CCOCC2)c1CNC(=O)c1cccc(C(=O)NCc2ccc(F)c(-c3cccc(CN4CCC(O)CC4)c3)c2)c1. The van der Waals surface area contributed by atoms with E-state index in [9.17, 15) is 14.7 Å². The zero-order chi connectivity index (χ0) is 38.3. The number of carbonyl (C=O) groups is 2. The third-order valence-corrected chi connectivity index (χ3v) is 10.7. The fraction of sp³-hybridized carbons (Fsp3) is 0.395. The number of hydrogen-bond acceptors (Lipinski definition) is 8. The molecule has 12 heteroatoms. The molecule has 2 aromatic heterocycles. The molecule has 0 atom stereocenters. The van der Waals surface area contributed by atoms with Crippen LogP contribution in [0.5, 0.6) is 0 Å². The molecule has 2 aliphatic heterocycles. The number of pyridine rings is 1. The number of hydrogen-bond donors (Lipinski definition) is 4. The molecular weight excluding hydrogens is 698 g/mol. The maximum Gasteiger partial charge on any atom is 0.251 e. The zero-order valence-corrected chi connectivity index (χ0v) is 31.6. The van der Waals surface area contributed by atoms with Crippen LogP contribution in [0.1, 0.15) is 82.6 Å². The molecule has 0 bridgehead atoms. The van der Waals surface area contributed by atoms with E-state index < -0.39 is 0 Å². The molecule has 288 valence electrons. The smallest absolute Gasteiger partial charge is 0.251 e. The van der Waals surface area contributed by atoms with Crippen LogP contribution in [-0.4, -0.2) is 75.0 Å². The maximum absolute atomic E-state index is 15.1. The van der Waals surface area contributed by atoms with Crippen molar-refractivity contribution in [3.63, 3.8) is 0 Å². The van der Waals surface area contributed by atoms with Crippen molar-refractivity contribution in [3.05, 3.63) is 112 Å². The molecule has 55 heavy (non-hydrogen) atoms. The molecular formula is C43H50FN7O4. The lowest BCUT2D eigenvalue weighted by Gasteiger charge is -2.29. The van der Waals surface area contributed by atoms with Crippen molar-refractivity contribution >= 4 is 28.5 Å². The van der Waals surface area contributed by atoms with E-state index >= 15 is 4.39 Å². The van der Waals surface area contributed by atoms with Crippen molar-refractivity contribution in [1.82, 2.24) is 30.3 Å². The highest BCUT2D eigenvalue weighted by Gasteiger charge is 2.23. The fourth-order valence-corrected chi connectivity index (χ4v) is 7.53. The number of rotatable bonds is 13. The number of aromatic nitrogens is 3. The lowest BCUT2D eigenvalue weighted by molar-refractivity contribution is 0.0792. The minimum Gasteiger partial charge on any atom is -0.393 e. The first-order valence-electron chi connectivity index (χ1n) is 19.5. The summed E-state index contributed by atoms with van der Waals surface area (Å²) in [7, 11) is 0.